The first-order chi connectivity index (χ1) is 10.0. The van der Waals surface area contributed by atoms with E-state index in [4.69, 9.17) is 16.1 Å². The summed E-state index contributed by atoms with van der Waals surface area (Å²) in [6.07, 6.45) is -4.62. The van der Waals surface area contributed by atoms with E-state index in [9.17, 15) is 21.6 Å². The third-order valence-corrected chi connectivity index (χ3v) is 4.71. The molecule has 0 fully saturated rings. The molecule has 0 saturated carbocycles. The van der Waals surface area contributed by atoms with Crippen molar-refractivity contribution in [3.63, 3.8) is 0 Å². The van der Waals surface area contributed by atoms with Crippen LogP contribution < -0.4 is 4.72 Å². The summed E-state index contributed by atoms with van der Waals surface area (Å²) in [7, 11) is -4.17. The number of benzene rings is 1. The van der Waals surface area contributed by atoms with Gasteiger partial charge in [0.1, 0.15) is 5.69 Å². The number of halogens is 4. The molecule has 5 nitrogen and oxygen atoms in total. The van der Waals surface area contributed by atoms with E-state index in [0.717, 1.165) is 12.1 Å². The summed E-state index contributed by atoms with van der Waals surface area (Å²) in [5.74, 6) is 0.0214. The van der Waals surface area contributed by atoms with Crippen molar-refractivity contribution in [2.24, 2.45) is 0 Å². The van der Waals surface area contributed by atoms with Crippen molar-refractivity contribution in [1.29, 1.82) is 0 Å². The highest BCUT2D eigenvalue weighted by Crippen LogP contribution is 2.35. The average Bonchev–Trinajstić information content (AvgIpc) is 2.70. The molecule has 1 heterocycles. The third kappa shape index (κ3) is 3.20. The molecule has 0 amide bonds. The molecule has 1 aromatic carbocycles. The monoisotopic (exact) mass is 354 g/mol. The van der Waals surface area contributed by atoms with Crippen LogP contribution in [-0.2, 0) is 16.2 Å². The van der Waals surface area contributed by atoms with Crippen LogP contribution in [0.25, 0.3) is 0 Å². The molecule has 22 heavy (non-hydrogen) atoms. The van der Waals surface area contributed by atoms with Crippen LogP contribution in [0, 0.1) is 13.8 Å². The lowest BCUT2D eigenvalue weighted by Crippen LogP contribution is -2.15. The molecule has 0 saturated heterocycles. The summed E-state index contributed by atoms with van der Waals surface area (Å²) >= 11 is 5.76. The predicted octanol–water partition coefficient (Wildman–Crippen LogP) is 3.76. The minimum Gasteiger partial charge on any atom is -0.360 e. The fourth-order valence-corrected chi connectivity index (χ4v) is 3.46. The molecule has 0 aliphatic carbocycles. The lowest BCUT2D eigenvalue weighted by molar-refractivity contribution is -0.137. The minimum atomic E-state index is -4.62. The highest BCUT2D eigenvalue weighted by atomic mass is 35.5. The van der Waals surface area contributed by atoms with Gasteiger partial charge in [-0.25, -0.2) is 8.42 Å². The number of sulfonamides is 1. The van der Waals surface area contributed by atoms with E-state index in [2.05, 4.69) is 5.16 Å². The number of nitrogens with zero attached hydrogens (tertiary/aromatic N) is 1. The maximum atomic E-state index is 12.7. The predicted molar refractivity (Wildman–Crippen MR) is 73.2 cm³/mol. The van der Waals surface area contributed by atoms with Crippen molar-refractivity contribution in [2.45, 2.75) is 24.9 Å². The number of aromatic nitrogens is 1. The Morgan fingerprint density at radius 2 is 1.91 bits per heavy atom. The van der Waals surface area contributed by atoms with Crippen molar-refractivity contribution < 1.29 is 26.1 Å². The zero-order valence-corrected chi connectivity index (χ0v) is 12.9. The van der Waals surface area contributed by atoms with Gasteiger partial charge in [-0.1, -0.05) is 16.8 Å². The van der Waals surface area contributed by atoms with Crippen molar-refractivity contribution in [3.05, 3.63) is 40.2 Å². The zero-order chi connectivity index (χ0) is 16.7. The molecule has 0 radical (unpaired) electrons. The zero-order valence-electron chi connectivity index (χ0n) is 11.3. The van der Waals surface area contributed by atoms with Gasteiger partial charge in [-0.2, -0.15) is 13.2 Å². The van der Waals surface area contributed by atoms with Gasteiger partial charge < -0.3 is 4.52 Å². The average molecular weight is 355 g/mol. The molecule has 0 bridgehead atoms. The Bertz CT molecular complexity index is 796. The van der Waals surface area contributed by atoms with Gasteiger partial charge in [-0.05, 0) is 32.0 Å². The van der Waals surface area contributed by atoms with E-state index >= 15 is 0 Å². The lowest BCUT2D eigenvalue weighted by Gasteiger charge is -2.12. The first-order valence-corrected chi connectivity index (χ1v) is 7.71. The summed E-state index contributed by atoms with van der Waals surface area (Å²) in [6, 6.07) is 2.35. The van der Waals surface area contributed by atoms with Gasteiger partial charge >= 0.3 is 6.18 Å². The largest absolute Gasteiger partial charge is 0.416 e. The highest BCUT2D eigenvalue weighted by Gasteiger charge is 2.32. The van der Waals surface area contributed by atoms with E-state index in [1.807, 2.05) is 4.72 Å². The SMILES string of the molecule is Cc1noc(C)c1S(=O)(=O)Nc1cc(C(F)(F)F)ccc1Cl. The number of anilines is 1. The Morgan fingerprint density at radius 3 is 2.41 bits per heavy atom. The maximum Gasteiger partial charge on any atom is 0.416 e. The van der Waals surface area contributed by atoms with Crippen LogP contribution in [-0.4, -0.2) is 13.6 Å². The standard InChI is InChI=1S/C12H10ClF3N2O3S/c1-6-11(7(2)21-17-6)22(19,20)18-10-5-8(12(14,15)16)3-4-9(10)13/h3-5,18H,1-2H3. The van der Waals surface area contributed by atoms with Crippen LogP contribution in [0.3, 0.4) is 0 Å². The summed E-state index contributed by atoms with van der Waals surface area (Å²) in [5, 5.41) is 3.33. The molecule has 1 aromatic heterocycles. The van der Waals surface area contributed by atoms with Crippen LogP contribution in [0.5, 0.6) is 0 Å². The van der Waals surface area contributed by atoms with Crippen LogP contribution >= 0.6 is 11.6 Å². The van der Waals surface area contributed by atoms with Crippen molar-refractivity contribution >= 4 is 27.3 Å². The van der Waals surface area contributed by atoms with Crippen LogP contribution in [0.4, 0.5) is 18.9 Å². The van der Waals surface area contributed by atoms with Gasteiger partial charge in [0.05, 0.1) is 16.3 Å². The van der Waals surface area contributed by atoms with Crippen molar-refractivity contribution in [1.82, 2.24) is 5.16 Å². The molecular weight excluding hydrogens is 345 g/mol. The van der Waals surface area contributed by atoms with Crippen LogP contribution in [0.1, 0.15) is 17.0 Å². The Balaban J connectivity index is 2.47. The van der Waals surface area contributed by atoms with E-state index < -0.39 is 21.8 Å². The lowest BCUT2D eigenvalue weighted by atomic mass is 10.2. The van der Waals surface area contributed by atoms with Gasteiger partial charge in [0.15, 0.2) is 10.7 Å². The summed E-state index contributed by atoms with van der Waals surface area (Å²) in [6.45, 7) is 2.78. The fraction of sp³-hybridized carbons (Fsp3) is 0.250. The number of aryl methyl sites for hydroxylation is 2. The second kappa shape index (κ2) is 5.47. The van der Waals surface area contributed by atoms with Crippen molar-refractivity contribution in [2.75, 3.05) is 4.72 Å². The number of hydrogen-bond acceptors (Lipinski definition) is 4. The van der Waals surface area contributed by atoms with Crippen molar-refractivity contribution in [3.8, 4) is 0 Å². The molecule has 0 unspecified atom stereocenters. The van der Waals surface area contributed by atoms with Gasteiger partial charge in [-0.15, -0.1) is 0 Å². The first-order valence-electron chi connectivity index (χ1n) is 5.85. The summed E-state index contributed by atoms with van der Waals surface area (Å²) < 4.78 is 69.4. The molecule has 0 spiro atoms. The molecule has 0 aliphatic rings. The molecule has 2 aromatic rings. The topological polar surface area (TPSA) is 72.2 Å². The van der Waals surface area contributed by atoms with E-state index in [1.54, 1.807) is 0 Å². The highest BCUT2D eigenvalue weighted by molar-refractivity contribution is 7.92. The Labute approximate surface area is 129 Å². The number of nitrogens with one attached hydrogen (secondary N) is 1. The molecule has 0 aliphatic heterocycles. The fourth-order valence-electron chi connectivity index (χ4n) is 1.83. The van der Waals surface area contributed by atoms with Crippen LogP contribution in [0.2, 0.25) is 5.02 Å². The molecule has 2 rings (SSSR count). The summed E-state index contributed by atoms with van der Waals surface area (Å²) in [4.78, 5) is -0.235. The molecular formula is C12H10ClF3N2O3S. The molecule has 120 valence electrons. The summed E-state index contributed by atoms with van der Waals surface area (Å²) in [5.41, 5.74) is -1.31. The number of alkyl halides is 3. The molecule has 1 N–H and O–H groups in total. The molecule has 0 atom stereocenters. The number of rotatable bonds is 3. The van der Waals surface area contributed by atoms with E-state index in [0.29, 0.717) is 6.07 Å². The Morgan fingerprint density at radius 1 is 1.27 bits per heavy atom. The quantitative estimate of drug-likeness (QED) is 0.910. The third-order valence-electron chi connectivity index (χ3n) is 2.77. The Kier molecular flexibility index (Phi) is 4.14. The smallest absolute Gasteiger partial charge is 0.360 e. The second-order valence-electron chi connectivity index (χ2n) is 4.45. The van der Waals surface area contributed by atoms with Crippen LogP contribution in [0.15, 0.2) is 27.6 Å². The van der Waals surface area contributed by atoms with Gasteiger partial charge in [0.25, 0.3) is 10.0 Å². The van der Waals surface area contributed by atoms with E-state index in [-0.39, 0.29) is 27.1 Å². The van der Waals surface area contributed by atoms with Gasteiger partial charge in [-0.3, -0.25) is 4.72 Å². The molecule has 10 heteroatoms. The second-order valence-corrected chi connectivity index (χ2v) is 6.48. The van der Waals surface area contributed by atoms with Gasteiger partial charge in [0, 0.05) is 0 Å². The normalized spacial score (nSPS) is 12.5. The first kappa shape index (κ1) is 16.6. The van der Waals surface area contributed by atoms with E-state index in [1.165, 1.54) is 13.8 Å². The minimum absolute atomic E-state index is 0.0214. The number of hydrogen-bond donors (Lipinski definition) is 1. The maximum absolute atomic E-state index is 12.7. The van der Waals surface area contributed by atoms with Gasteiger partial charge in [0.2, 0.25) is 0 Å². The Hall–Kier alpha value is -1.74.